The molecule has 0 bridgehead atoms. The van der Waals surface area contributed by atoms with Gasteiger partial charge in [0, 0.05) is 19.1 Å². The number of rotatable bonds is 8. The summed E-state index contributed by atoms with van der Waals surface area (Å²) in [6.45, 7) is 6.84. The summed E-state index contributed by atoms with van der Waals surface area (Å²) in [4.78, 5) is 6.96. The lowest BCUT2D eigenvalue weighted by Gasteiger charge is -2.18. The predicted molar refractivity (Wildman–Crippen MR) is 87.5 cm³/mol. The predicted octanol–water partition coefficient (Wildman–Crippen LogP) is 4.45. The minimum absolute atomic E-state index is 0.534. The van der Waals surface area contributed by atoms with Gasteiger partial charge in [0.25, 0.3) is 0 Å². The second kappa shape index (κ2) is 8.13. The highest BCUT2D eigenvalue weighted by molar-refractivity contribution is 5.49. The van der Waals surface area contributed by atoms with Gasteiger partial charge in [-0.15, -0.1) is 0 Å². The maximum absolute atomic E-state index is 4.59. The van der Waals surface area contributed by atoms with E-state index < -0.39 is 0 Å². The zero-order chi connectivity index (χ0) is 14.2. The van der Waals surface area contributed by atoms with E-state index in [1.807, 2.05) is 6.20 Å². The molecule has 0 aromatic carbocycles. The molecule has 1 aromatic rings. The van der Waals surface area contributed by atoms with Gasteiger partial charge in [0.05, 0.1) is 11.9 Å². The highest BCUT2D eigenvalue weighted by Gasteiger charge is 2.13. The van der Waals surface area contributed by atoms with Gasteiger partial charge >= 0.3 is 0 Å². The van der Waals surface area contributed by atoms with Crippen molar-refractivity contribution in [1.29, 1.82) is 0 Å². The Labute approximate surface area is 123 Å². The Kier molecular flexibility index (Phi) is 6.16. The Bertz CT molecular complexity index is 368. The van der Waals surface area contributed by atoms with Crippen LogP contribution < -0.4 is 10.2 Å². The van der Waals surface area contributed by atoms with Crippen LogP contribution in [0.25, 0.3) is 0 Å². The van der Waals surface area contributed by atoms with Gasteiger partial charge in [-0.05, 0) is 38.3 Å². The minimum atomic E-state index is 0.534. The summed E-state index contributed by atoms with van der Waals surface area (Å²) in [6.07, 6.45) is 11.2. The Hall–Kier alpha value is -1.25. The molecule has 0 spiro atoms. The number of hydrogen-bond donors (Lipinski definition) is 1. The van der Waals surface area contributed by atoms with Crippen LogP contribution in [-0.4, -0.2) is 24.1 Å². The zero-order valence-corrected chi connectivity index (χ0v) is 13.1. The number of hydrogen-bond acceptors (Lipinski definition) is 3. The van der Waals surface area contributed by atoms with Crippen molar-refractivity contribution in [3.63, 3.8) is 0 Å². The van der Waals surface area contributed by atoms with E-state index in [1.54, 1.807) is 0 Å². The molecule has 112 valence electrons. The summed E-state index contributed by atoms with van der Waals surface area (Å²) in [7, 11) is 0. The van der Waals surface area contributed by atoms with Gasteiger partial charge < -0.3 is 10.2 Å². The molecule has 2 rings (SSSR count). The van der Waals surface area contributed by atoms with E-state index in [2.05, 4.69) is 41.2 Å². The lowest BCUT2D eigenvalue weighted by molar-refractivity contribution is 0.594. The Balaban J connectivity index is 1.75. The first-order valence-corrected chi connectivity index (χ1v) is 8.27. The van der Waals surface area contributed by atoms with Crippen LogP contribution >= 0.6 is 0 Å². The molecule has 0 radical (unpaired) electrons. The molecule has 20 heavy (non-hydrogen) atoms. The van der Waals surface area contributed by atoms with Crippen molar-refractivity contribution < 1.29 is 0 Å². The standard InChI is InChI=1S/C17H29N3/c1-3-4-5-6-9-15(2)19-16-10-11-17(18-14-16)20-12-7-8-13-20/h10-11,14-15,19H,3-9,12-13H2,1-2H3. The fraction of sp³-hybridized carbons (Fsp3) is 0.706. The molecule has 1 N–H and O–H groups in total. The number of nitrogens with zero attached hydrogens (tertiary/aromatic N) is 2. The van der Waals surface area contributed by atoms with Crippen molar-refractivity contribution in [3.8, 4) is 0 Å². The van der Waals surface area contributed by atoms with E-state index in [0.29, 0.717) is 6.04 Å². The van der Waals surface area contributed by atoms with E-state index in [1.165, 1.54) is 44.9 Å². The third-order valence-electron chi connectivity index (χ3n) is 4.08. The van der Waals surface area contributed by atoms with Crippen LogP contribution in [0.15, 0.2) is 18.3 Å². The average molecular weight is 275 g/mol. The molecule has 1 saturated heterocycles. The SMILES string of the molecule is CCCCCCC(C)Nc1ccc(N2CCCC2)nc1. The molecule has 0 amide bonds. The summed E-state index contributed by atoms with van der Waals surface area (Å²) in [5.74, 6) is 1.13. The molecule has 1 atom stereocenters. The molecule has 1 unspecified atom stereocenters. The van der Waals surface area contributed by atoms with Crippen molar-refractivity contribution in [2.45, 2.75) is 64.8 Å². The summed E-state index contributed by atoms with van der Waals surface area (Å²) in [5.41, 5.74) is 1.15. The summed E-state index contributed by atoms with van der Waals surface area (Å²) in [5, 5.41) is 3.56. The smallest absolute Gasteiger partial charge is 0.128 e. The molecule has 1 aromatic heterocycles. The fourth-order valence-corrected chi connectivity index (χ4v) is 2.84. The second-order valence-electron chi connectivity index (χ2n) is 5.99. The first-order valence-electron chi connectivity index (χ1n) is 8.27. The highest BCUT2D eigenvalue weighted by Crippen LogP contribution is 2.19. The molecule has 0 saturated carbocycles. The maximum Gasteiger partial charge on any atom is 0.128 e. The number of pyridine rings is 1. The van der Waals surface area contributed by atoms with E-state index in [0.717, 1.165) is 24.6 Å². The molecule has 1 fully saturated rings. The molecular weight excluding hydrogens is 246 g/mol. The van der Waals surface area contributed by atoms with E-state index in [-0.39, 0.29) is 0 Å². The van der Waals surface area contributed by atoms with Crippen molar-refractivity contribution in [1.82, 2.24) is 4.98 Å². The maximum atomic E-state index is 4.59. The molecule has 0 aliphatic carbocycles. The quantitative estimate of drug-likeness (QED) is 0.710. The number of aromatic nitrogens is 1. The lowest BCUT2D eigenvalue weighted by Crippen LogP contribution is -2.19. The zero-order valence-electron chi connectivity index (χ0n) is 13.1. The Morgan fingerprint density at radius 1 is 1.20 bits per heavy atom. The van der Waals surface area contributed by atoms with Crippen LogP contribution in [0, 0.1) is 0 Å². The van der Waals surface area contributed by atoms with Gasteiger partial charge in [-0.25, -0.2) is 4.98 Å². The van der Waals surface area contributed by atoms with Gasteiger partial charge in [0.15, 0.2) is 0 Å². The minimum Gasteiger partial charge on any atom is -0.381 e. The largest absolute Gasteiger partial charge is 0.381 e. The normalized spacial score (nSPS) is 16.4. The van der Waals surface area contributed by atoms with Crippen LogP contribution in [0.1, 0.15) is 58.8 Å². The van der Waals surface area contributed by atoms with Gasteiger partial charge in [0.2, 0.25) is 0 Å². The molecular formula is C17H29N3. The van der Waals surface area contributed by atoms with Crippen molar-refractivity contribution in [2.75, 3.05) is 23.3 Å². The average Bonchev–Trinajstić information content (AvgIpc) is 2.99. The van der Waals surface area contributed by atoms with Crippen LogP contribution in [-0.2, 0) is 0 Å². The fourth-order valence-electron chi connectivity index (χ4n) is 2.84. The third-order valence-corrected chi connectivity index (χ3v) is 4.08. The van der Waals surface area contributed by atoms with Gasteiger partial charge in [-0.2, -0.15) is 0 Å². The van der Waals surface area contributed by atoms with Gasteiger partial charge in [-0.1, -0.05) is 32.6 Å². The molecule has 1 aliphatic rings. The third kappa shape index (κ3) is 4.69. The van der Waals surface area contributed by atoms with E-state index in [4.69, 9.17) is 0 Å². The first-order chi connectivity index (χ1) is 9.79. The first kappa shape index (κ1) is 15.1. The molecule has 3 heteroatoms. The van der Waals surface area contributed by atoms with Crippen molar-refractivity contribution in [2.24, 2.45) is 0 Å². The Morgan fingerprint density at radius 3 is 2.65 bits per heavy atom. The Morgan fingerprint density at radius 2 is 2.00 bits per heavy atom. The summed E-state index contributed by atoms with van der Waals surface area (Å²) < 4.78 is 0. The van der Waals surface area contributed by atoms with Gasteiger partial charge in [0.1, 0.15) is 5.82 Å². The van der Waals surface area contributed by atoms with Crippen LogP contribution in [0.4, 0.5) is 11.5 Å². The van der Waals surface area contributed by atoms with Crippen LogP contribution in [0.3, 0.4) is 0 Å². The summed E-state index contributed by atoms with van der Waals surface area (Å²) >= 11 is 0. The monoisotopic (exact) mass is 275 g/mol. The number of nitrogens with one attached hydrogen (secondary N) is 1. The van der Waals surface area contributed by atoms with E-state index >= 15 is 0 Å². The topological polar surface area (TPSA) is 28.2 Å². The van der Waals surface area contributed by atoms with Gasteiger partial charge in [-0.3, -0.25) is 0 Å². The molecule has 3 nitrogen and oxygen atoms in total. The van der Waals surface area contributed by atoms with Crippen molar-refractivity contribution in [3.05, 3.63) is 18.3 Å². The van der Waals surface area contributed by atoms with Crippen LogP contribution in [0.2, 0.25) is 0 Å². The number of unbranched alkanes of at least 4 members (excludes halogenated alkanes) is 3. The summed E-state index contributed by atoms with van der Waals surface area (Å²) in [6, 6.07) is 4.85. The van der Waals surface area contributed by atoms with Crippen LogP contribution in [0.5, 0.6) is 0 Å². The second-order valence-corrected chi connectivity index (χ2v) is 5.99. The lowest BCUT2D eigenvalue weighted by atomic mass is 10.1. The van der Waals surface area contributed by atoms with E-state index in [9.17, 15) is 0 Å². The number of anilines is 2. The molecule has 1 aliphatic heterocycles. The van der Waals surface area contributed by atoms with Crippen molar-refractivity contribution >= 4 is 11.5 Å². The highest BCUT2D eigenvalue weighted by atomic mass is 15.2. The molecule has 2 heterocycles.